The van der Waals surface area contributed by atoms with Crippen molar-refractivity contribution in [3.63, 3.8) is 0 Å². The molecule has 130 valence electrons. The number of carbonyl (C=O) groups excluding carboxylic acids is 1. The van der Waals surface area contributed by atoms with Gasteiger partial charge >= 0.3 is 0 Å². The van der Waals surface area contributed by atoms with Crippen LogP contribution in [0.4, 0.5) is 5.69 Å². The summed E-state index contributed by atoms with van der Waals surface area (Å²) >= 11 is 0. The zero-order chi connectivity index (χ0) is 17.4. The third-order valence-electron chi connectivity index (χ3n) is 5.44. The van der Waals surface area contributed by atoms with Crippen LogP contribution in [0.3, 0.4) is 0 Å². The zero-order valence-corrected chi connectivity index (χ0v) is 15.0. The van der Waals surface area contributed by atoms with Crippen molar-refractivity contribution in [1.29, 1.82) is 0 Å². The number of benzene rings is 2. The van der Waals surface area contributed by atoms with Gasteiger partial charge in [0.05, 0.1) is 0 Å². The monoisotopic (exact) mass is 335 g/mol. The van der Waals surface area contributed by atoms with Crippen LogP contribution in [-0.4, -0.2) is 55.5 Å². The number of hydrogen-bond acceptors (Lipinski definition) is 3. The molecule has 4 rings (SSSR count). The van der Waals surface area contributed by atoms with E-state index in [2.05, 4.69) is 29.2 Å². The van der Waals surface area contributed by atoms with Crippen molar-refractivity contribution in [2.75, 3.05) is 38.6 Å². The fourth-order valence-corrected chi connectivity index (χ4v) is 3.78. The molecule has 0 N–H and O–H groups in total. The maximum absolute atomic E-state index is 12.7. The van der Waals surface area contributed by atoms with E-state index in [1.54, 1.807) is 0 Å². The molecule has 4 nitrogen and oxygen atoms in total. The number of rotatable bonds is 3. The fourth-order valence-electron chi connectivity index (χ4n) is 3.78. The highest BCUT2D eigenvalue weighted by Gasteiger charge is 2.36. The first-order chi connectivity index (χ1) is 12.1. The minimum absolute atomic E-state index is 0.150. The van der Waals surface area contributed by atoms with Gasteiger partial charge in [-0.05, 0) is 35.7 Å². The third kappa shape index (κ3) is 3.14. The second-order valence-electron chi connectivity index (χ2n) is 7.30. The smallest absolute Gasteiger partial charge is 0.254 e. The Morgan fingerprint density at radius 1 is 1.04 bits per heavy atom. The van der Waals surface area contributed by atoms with Gasteiger partial charge in [-0.2, -0.15) is 0 Å². The van der Waals surface area contributed by atoms with Crippen molar-refractivity contribution in [1.82, 2.24) is 9.80 Å². The average Bonchev–Trinajstić information content (AvgIpc) is 2.60. The van der Waals surface area contributed by atoms with Gasteiger partial charge in [0.2, 0.25) is 0 Å². The molecular weight excluding hydrogens is 310 g/mol. The highest BCUT2D eigenvalue weighted by molar-refractivity contribution is 5.95. The normalized spacial score (nSPS) is 17.8. The Hall–Kier alpha value is -2.33. The Morgan fingerprint density at radius 3 is 2.56 bits per heavy atom. The molecule has 0 bridgehead atoms. The summed E-state index contributed by atoms with van der Waals surface area (Å²) < 4.78 is 0. The standard InChI is InChI=1S/C21H25N3O/c1-22(2)19-9-5-8-17(12-19)21(25)24-14-20(15-24)23-11-10-16-6-3-4-7-18(16)13-23/h3-9,12,20H,10-11,13-15H2,1-2H3. The van der Waals surface area contributed by atoms with Crippen LogP contribution in [0.2, 0.25) is 0 Å². The molecule has 1 amide bonds. The topological polar surface area (TPSA) is 26.8 Å². The van der Waals surface area contributed by atoms with Crippen LogP contribution in [0.5, 0.6) is 0 Å². The van der Waals surface area contributed by atoms with Crippen molar-refractivity contribution < 1.29 is 4.79 Å². The van der Waals surface area contributed by atoms with E-state index in [4.69, 9.17) is 0 Å². The number of anilines is 1. The second kappa shape index (κ2) is 6.52. The molecule has 2 aliphatic heterocycles. The van der Waals surface area contributed by atoms with Gasteiger partial charge in [0, 0.05) is 57.6 Å². The summed E-state index contributed by atoms with van der Waals surface area (Å²) in [6.45, 7) is 3.79. The van der Waals surface area contributed by atoms with Gasteiger partial charge in [0.15, 0.2) is 0 Å². The van der Waals surface area contributed by atoms with Crippen LogP contribution in [0.15, 0.2) is 48.5 Å². The van der Waals surface area contributed by atoms with Crippen molar-refractivity contribution in [2.24, 2.45) is 0 Å². The van der Waals surface area contributed by atoms with Crippen LogP contribution in [0.1, 0.15) is 21.5 Å². The summed E-state index contributed by atoms with van der Waals surface area (Å²) in [6.07, 6.45) is 1.12. The molecule has 4 heteroatoms. The fraction of sp³-hybridized carbons (Fsp3) is 0.381. The molecule has 2 aromatic rings. The van der Waals surface area contributed by atoms with Crippen molar-refractivity contribution in [2.45, 2.75) is 19.0 Å². The molecule has 0 saturated carbocycles. The highest BCUT2D eigenvalue weighted by atomic mass is 16.2. The molecule has 0 unspecified atom stereocenters. The van der Waals surface area contributed by atoms with Gasteiger partial charge in [-0.3, -0.25) is 9.69 Å². The molecule has 25 heavy (non-hydrogen) atoms. The maximum atomic E-state index is 12.7. The number of fused-ring (bicyclic) bond motifs is 1. The lowest BCUT2D eigenvalue weighted by Gasteiger charge is -2.47. The molecule has 0 aromatic heterocycles. The molecular formula is C21H25N3O. The molecule has 2 heterocycles. The van der Waals surface area contributed by atoms with Crippen molar-refractivity contribution >= 4 is 11.6 Å². The predicted molar refractivity (Wildman–Crippen MR) is 101 cm³/mol. The van der Waals surface area contributed by atoms with Gasteiger partial charge < -0.3 is 9.80 Å². The first-order valence-corrected chi connectivity index (χ1v) is 8.99. The van der Waals surface area contributed by atoms with E-state index in [0.717, 1.165) is 43.9 Å². The van der Waals surface area contributed by atoms with Gasteiger partial charge in [0.25, 0.3) is 5.91 Å². The van der Waals surface area contributed by atoms with Gasteiger partial charge in [-0.15, -0.1) is 0 Å². The van der Waals surface area contributed by atoms with Crippen LogP contribution < -0.4 is 4.90 Å². The summed E-state index contributed by atoms with van der Waals surface area (Å²) in [4.78, 5) is 19.2. The van der Waals surface area contributed by atoms with Crippen molar-refractivity contribution in [3.05, 3.63) is 65.2 Å². The maximum Gasteiger partial charge on any atom is 0.254 e. The molecule has 1 saturated heterocycles. The quantitative estimate of drug-likeness (QED) is 0.863. The number of likely N-dealkylation sites (tertiary alicyclic amines) is 1. The Kier molecular flexibility index (Phi) is 4.22. The van der Waals surface area contributed by atoms with E-state index in [1.165, 1.54) is 11.1 Å². The summed E-state index contributed by atoms with van der Waals surface area (Å²) in [5.41, 5.74) is 4.77. The Bertz CT molecular complexity index is 780. The number of nitrogens with zero attached hydrogens (tertiary/aromatic N) is 3. The lowest BCUT2D eigenvalue weighted by Crippen LogP contribution is -2.61. The van der Waals surface area contributed by atoms with Gasteiger partial charge in [0.1, 0.15) is 0 Å². The SMILES string of the molecule is CN(C)c1cccc(C(=O)N2CC(N3CCc4ccccc4C3)C2)c1. The zero-order valence-electron chi connectivity index (χ0n) is 15.0. The van der Waals surface area contributed by atoms with Gasteiger partial charge in [-0.25, -0.2) is 0 Å². The molecule has 0 spiro atoms. The summed E-state index contributed by atoms with van der Waals surface area (Å²) in [5.74, 6) is 0.150. The number of amides is 1. The van der Waals surface area contributed by atoms with E-state index in [0.29, 0.717) is 6.04 Å². The molecule has 0 aliphatic carbocycles. The van der Waals surface area contributed by atoms with Crippen molar-refractivity contribution in [3.8, 4) is 0 Å². The van der Waals surface area contributed by atoms with Gasteiger partial charge in [-0.1, -0.05) is 30.3 Å². The highest BCUT2D eigenvalue weighted by Crippen LogP contribution is 2.25. The predicted octanol–water partition coefficient (Wildman–Crippen LogP) is 2.64. The van der Waals surface area contributed by atoms with E-state index in [-0.39, 0.29) is 5.91 Å². The Morgan fingerprint density at radius 2 is 1.80 bits per heavy atom. The number of hydrogen-bond donors (Lipinski definition) is 0. The van der Waals surface area contributed by atoms with E-state index in [1.807, 2.05) is 48.2 Å². The Balaban J connectivity index is 1.38. The largest absolute Gasteiger partial charge is 0.378 e. The van der Waals surface area contributed by atoms with E-state index in [9.17, 15) is 4.79 Å². The van der Waals surface area contributed by atoms with Crippen LogP contribution in [-0.2, 0) is 13.0 Å². The summed E-state index contributed by atoms with van der Waals surface area (Å²) in [5, 5.41) is 0. The molecule has 0 atom stereocenters. The lowest BCUT2D eigenvalue weighted by molar-refractivity contribution is 0.0218. The van der Waals surface area contributed by atoms with E-state index < -0.39 is 0 Å². The Labute approximate surface area is 149 Å². The summed E-state index contributed by atoms with van der Waals surface area (Å²) in [7, 11) is 3.99. The lowest BCUT2D eigenvalue weighted by atomic mass is 9.96. The minimum Gasteiger partial charge on any atom is -0.378 e. The second-order valence-corrected chi connectivity index (χ2v) is 7.30. The van der Waals surface area contributed by atoms with Crippen LogP contribution in [0.25, 0.3) is 0 Å². The first-order valence-electron chi connectivity index (χ1n) is 8.99. The third-order valence-corrected chi connectivity index (χ3v) is 5.44. The minimum atomic E-state index is 0.150. The molecule has 2 aliphatic rings. The van der Waals surface area contributed by atoms with E-state index >= 15 is 0 Å². The number of carbonyl (C=O) groups is 1. The molecule has 0 radical (unpaired) electrons. The molecule has 1 fully saturated rings. The van der Waals surface area contributed by atoms with Crippen LogP contribution in [0, 0.1) is 0 Å². The average molecular weight is 335 g/mol. The molecule has 2 aromatic carbocycles. The van der Waals surface area contributed by atoms with Crippen LogP contribution >= 0.6 is 0 Å². The summed E-state index contributed by atoms with van der Waals surface area (Å²) in [6, 6.07) is 17.1. The first kappa shape index (κ1) is 16.2.